The average molecular weight is 381 g/mol. The smallest absolute Gasteiger partial charge is 0.0606 e. The first-order valence-corrected chi connectivity index (χ1v) is 10.6. The molecule has 0 unspecified atom stereocenters. The monoisotopic (exact) mass is 380 g/mol. The van der Waals surface area contributed by atoms with E-state index in [-0.39, 0.29) is 6.61 Å². The summed E-state index contributed by atoms with van der Waals surface area (Å²) in [6.45, 7) is 7.61. The SMILES string of the molecule is CCCCN(CCCC)c1ccc(C=Cc2ccc(N(C)CCO)cc2)cc1. The highest BCUT2D eigenvalue weighted by molar-refractivity contribution is 5.71. The third kappa shape index (κ3) is 7.05. The molecule has 3 nitrogen and oxygen atoms in total. The molecule has 0 aromatic heterocycles. The molecule has 28 heavy (non-hydrogen) atoms. The Kier molecular flexibility index (Phi) is 9.64. The van der Waals surface area contributed by atoms with Gasteiger partial charge in [0.05, 0.1) is 6.61 Å². The highest BCUT2D eigenvalue weighted by Gasteiger charge is 2.05. The number of likely N-dealkylation sites (N-methyl/N-ethyl adjacent to an activating group) is 1. The van der Waals surface area contributed by atoms with Crippen molar-refractivity contribution in [2.45, 2.75) is 39.5 Å². The Labute approximate surface area is 171 Å². The predicted molar refractivity (Wildman–Crippen MR) is 124 cm³/mol. The Hall–Kier alpha value is -2.26. The van der Waals surface area contributed by atoms with E-state index in [1.54, 1.807) is 0 Å². The van der Waals surface area contributed by atoms with Gasteiger partial charge in [-0.15, -0.1) is 0 Å². The maximum absolute atomic E-state index is 9.05. The number of aliphatic hydroxyl groups excluding tert-OH is 1. The third-order valence-corrected chi connectivity index (χ3v) is 5.06. The molecule has 152 valence electrons. The van der Waals surface area contributed by atoms with Gasteiger partial charge in [0.2, 0.25) is 0 Å². The van der Waals surface area contributed by atoms with Crippen LogP contribution in [-0.2, 0) is 0 Å². The first-order chi connectivity index (χ1) is 13.7. The lowest BCUT2D eigenvalue weighted by Gasteiger charge is -2.24. The van der Waals surface area contributed by atoms with Gasteiger partial charge in [-0.25, -0.2) is 0 Å². The highest BCUT2D eigenvalue weighted by atomic mass is 16.3. The van der Waals surface area contributed by atoms with Gasteiger partial charge < -0.3 is 14.9 Å². The lowest BCUT2D eigenvalue weighted by molar-refractivity contribution is 0.304. The van der Waals surface area contributed by atoms with Gasteiger partial charge in [-0.05, 0) is 48.2 Å². The zero-order chi connectivity index (χ0) is 20.2. The maximum atomic E-state index is 9.05. The summed E-state index contributed by atoms with van der Waals surface area (Å²) in [5.41, 5.74) is 4.85. The molecule has 0 radical (unpaired) electrons. The summed E-state index contributed by atoms with van der Waals surface area (Å²) in [6, 6.07) is 17.3. The standard InChI is InChI=1S/C25H36N2O/c1-4-6-18-27(19-7-5-2)25-16-12-23(13-17-25)9-8-22-10-14-24(15-11-22)26(3)20-21-28/h8-17,28H,4-7,18-21H2,1-3H3. The normalized spacial score (nSPS) is 11.1. The summed E-state index contributed by atoms with van der Waals surface area (Å²) in [4.78, 5) is 4.57. The molecule has 0 fully saturated rings. The van der Waals surface area contributed by atoms with Crippen molar-refractivity contribution >= 4 is 23.5 Å². The van der Waals surface area contributed by atoms with E-state index in [4.69, 9.17) is 5.11 Å². The fourth-order valence-corrected chi connectivity index (χ4v) is 3.18. The molecular weight excluding hydrogens is 344 g/mol. The number of rotatable bonds is 12. The topological polar surface area (TPSA) is 26.7 Å². The Morgan fingerprint density at radius 3 is 1.61 bits per heavy atom. The molecule has 1 N–H and O–H groups in total. The van der Waals surface area contributed by atoms with Crippen LogP contribution in [0.3, 0.4) is 0 Å². The summed E-state index contributed by atoms with van der Waals surface area (Å²) in [6.07, 6.45) is 9.27. The molecule has 0 spiro atoms. The first-order valence-electron chi connectivity index (χ1n) is 10.6. The minimum absolute atomic E-state index is 0.169. The van der Waals surface area contributed by atoms with Crippen LogP contribution in [0, 0.1) is 0 Å². The maximum Gasteiger partial charge on any atom is 0.0606 e. The third-order valence-electron chi connectivity index (χ3n) is 5.06. The van der Waals surface area contributed by atoms with E-state index in [0.717, 1.165) is 18.8 Å². The molecule has 0 aliphatic heterocycles. The second kappa shape index (κ2) is 12.2. The average Bonchev–Trinajstić information content (AvgIpc) is 2.73. The van der Waals surface area contributed by atoms with Crippen LogP contribution in [0.5, 0.6) is 0 Å². The fraction of sp³-hybridized carbons (Fsp3) is 0.440. The van der Waals surface area contributed by atoms with E-state index in [1.165, 1.54) is 42.5 Å². The van der Waals surface area contributed by atoms with Gasteiger partial charge in [0.1, 0.15) is 0 Å². The molecule has 2 aromatic carbocycles. The molecule has 0 saturated heterocycles. The van der Waals surface area contributed by atoms with Crippen LogP contribution in [0.1, 0.15) is 50.7 Å². The number of nitrogens with zero attached hydrogens (tertiary/aromatic N) is 2. The summed E-state index contributed by atoms with van der Waals surface area (Å²) >= 11 is 0. The Morgan fingerprint density at radius 1 is 0.714 bits per heavy atom. The van der Waals surface area contributed by atoms with Crippen LogP contribution in [0.2, 0.25) is 0 Å². The lowest BCUT2D eigenvalue weighted by Crippen LogP contribution is -2.25. The van der Waals surface area contributed by atoms with Crippen molar-refractivity contribution in [3.8, 4) is 0 Å². The van der Waals surface area contributed by atoms with E-state index < -0.39 is 0 Å². The predicted octanol–water partition coefficient (Wildman–Crippen LogP) is 5.69. The zero-order valence-electron chi connectivity index (χ0n) is 17.8. The van der Waals surface area contributed by atoms with Crippen LogP contribution >= 0.6 is 0 Å². The van der Waals surface area contributed by atoms with Gasteiger partial charge >= 0.3 is 0 Å². The fourth-order valence-electron chi connectivity index (χ4n) is 3.18. The number of unbranched alkanes of at least 4 members (excludes halogenated alkanes) is 2. The Bertz CT molecular complexity index is 683. The van der Waals surface area contributed by atoms with Gasteiger partial charge in [-0.1, -0.05) is 63.1 Å². The molecule has 2 rings (SSSR count). The van der Waals surface area contributed by atoms with Crippen LogP contribution in [0.25, 0.3) is 12.2 Å². The molecule has 0 saturated carbocycles. The molecular formula is C25H36N2O. The van der Waals surface area contributed by atoms with E-state index in [1.807, 2.05) is 7.05 Å². The lowest BCUT2D eigenvalue weighted by atomic mass is 10.1. The highest BCUT2D eigenvalue weighted by Crippen LogP contribution is 2.19. The second-order valence-corrected chi connectivity index (χ2v) is 7.36. The van der Waals surface area contributed by atoms with Crippen molar-refractivity contribution in [1.82, 2.24) is 0 Å². The number of aliphatic hydroxyl groups is 1. The van der Waals surface area contributed by atoms with Crippen molar-refractivity contribution in [2.75, 3.05) is 43.1 Å². The van der Waals surface area contributed by atoms with Crippen molar-refractivity contribution in [3.05, 3.63) is 59.7 Å². The first kappa shape index (κ1) is 22.0. The summed E-state index contributed by atoms with van der Waals surface area (Å²) in [5, 5.41) is 9.05. The van der Waals surface area contributed by atoms with Crippen molar-refractivity contribution in [2.24, 2.45) is 0 Å². The van der Waals surface area contributed by atoms with Gasteiger partial charge in [0.25, 0.3) is 0 Å². The summed E-state index contributed by atoms with van der Waals surface area (Å²) < 4.78 is 0. The number of benzene rings is 2. The van der Waals surface area contributed by atoms with E-state index in [0.29, 0.717) is 6.54 Å². The van der Waals surface area contributed by atoms with Crippen LogP contribution in [-0.4, -0.2) is 38.4 Å². The molecule has 2 aromatic rings. The Morgan fingerprint density at radius 2 is 1.18 bits per heavy atom. The summed E-state index contributed by atoms with van der Waals surface area (Å²) in [5.74, 6) is 0. The van der Waals surface area contributed by atoms with Crippen molar-refractivity contribution < 1.29 is 5.11 Å². The van der Waals surface area contributed by atoms with E-state index in [2.05, 4.69) is 84.3 Å². The van der Waals surface area contributed by atoms with Gasteiger partial charge in [-0.2, -0.15) is 0 Å². The summed E-state index contributed by atoms with van der Waals surface area (Å²) in [7, 11) is 1.99. The van der Waals surface area contributed by atoms with Crippen LogP contribution in [0.4, 0.5) is 11.4 Å². The zero-order valence-corrected chi connectivity index (χ0v) is 17.8. The molecule has 0 aliphatic rings. The molecule has 0 aliphatic carbocycles. The quantitative estimate of drug-likeness (QED) is 0.479. The van der Waals surface area contributed by atoms with Crippen LogP contribution in [0.15, 0.2) is 48.5 Å². The minimum atomic E-state index is 0.169. The molecule has 0 atom stereocenters. The van der Waals surface area contributed by atoms with E-state index >= 15 is 0 Å². The largest absolute Gasteiger partial charge is 0.395 e. The Balaban J connectivity index is 2.00. The van der Waals surface area contributed by atoms with Gasteiger partial charge in [-0.3, -0.25) is 0 Å². The molecule has 0 heterocycles. The van der Waals surface area contributed by atoms with Gasteiger partial charge in [0.15, 0.2) is 0 Å². The number of hydrogen-bond acceptors (Lipinski definition) is 3. The van der Waals surface area contributed by atoms with Gasteiger partial charge in [0, 0.05) is 38.1 Å². The molecule has 0 bridgehead atoms. The number of anilines is 2. The van der Waals surface area contributed by atoms with Crippen LogP contribution < -0.4 is 9.80 Å². The molecule has 0 amide bonds. The molecule has 3 heteroatoms. The number of hydrogen-bond donors (Lipinski definition) is 1. The second-order valence-electron chi connectivity index (χ2n) is 7.36. The minimum Gasteiger partial charge on any atom is -0.395 e. The van der Waals surface area contributed by atoms with E-state index in [9.17, 15) is 0 Å². The van der Waals surface area contributed by atoms with Crippen molar-refractivity contribution in [1.29, 1.82) is 0 Å². The van der Waals surface area contributed by atoms with Crippen molar-refractivity contribution in [3.63, 3.8) is 0 Å².